The summed E-state index contributed by atoms with van der Waals surface area (Å²) in [6, 6.07) is 11.9. The number of aromatic nitrogens is 1. The maximum atomic E-state index is 13.1. The first-order valence-corrected chi connectivity index (χ1v) is 10.7. The Kier molecular flexibility index (Phi) is 8.65. The van der Waals surface area contributed by atoms with Crippen LogP contribution in [0.25, 0.3) is 10.2 Å². The molecule has 1 aromatic heterocycles. The zero-order valence-corrected chi connectivity index (χ0v) is 19.9. The van der Waals surface area contributed by atoms with E-state index in [9.17, 15) is 4.79 Å². The number of hydrogen-bond acceptors (Lipinski definition) is 5. The van der Waals surface area contributed by atoms with Crippen LogP contribution >= 0.6 is 23.7 Å². The molecule has 162 valence electrons. The van der Waals surface area contributed by atoms with Crippen molar-refractivity contribution in [3.63, 3.8) is 0 Å². The van der Waals surface area contributed by atoms with Crippen LogP contribution in [-0.2, 0) is 4.79 Å². The Bertz CT molecular complexity index is 964. The van der Waals surface area contributed by atoms with Gasteiger partial charge < -0.3 is 9.64 Å². The van der Waals surface area contributed by atoms with Crippen LogP contribution in [-0.4, -0.2) is 49.6 Å². The summed E-state index contributed by atoms with van der Waals surface area (Å²) in [5.74, 6) is 0.641. The van der Waals surface area contributed by atoms with Gasteiger partial charge in [-0.05, 0) is 76.7 Å². The van der Waals surface area contributed by atoms with Crippen LogP contribution in [0, 0.1) is 20.8 Å². The average molecular weight is 448 g/mol. The lowest BCUT2D eigenvalue weighted by atomic mass is 10.1. The Hall–Kier alpha value is -2.15. The number of carbonyl (C=O) groups is 1. The lowest BCUT2D eigenvalue weighted by molar-refractivity contribution is -0.120. The molecule has 5 nitrogen and oxygen atoms in total. The molecule has 0 aliphatic rings. The van der Waals surface area contributed by atoms with Crippen molar-refractivity contribution in [3.05, 3.63) is 53.1 Å². The second-order valence-corrected chi connectivity index (χ2v) is 8.66. The third-order valence-corrected chi connectivity index (χ3v) is 6.02. The number of benzene rings is 2. The number of halogens is 1. The van der Waals surface area contributed by atoms with Gasteiger partial charge in [-0.1, -0.05) is 35.6 Å². The number of rotatable bonds is 8. The molecule has 0 N–H and O–H groups in total. The zero-order valence-electron chi connectivity index (χ0n) is 18.3. The smallest absolute Gasteiger partial charge is 0.266 e. The van der Waals surface area contributed by atoms with Crippen molar-refractivity contribution in [1.82, 2.24) is 9.88 Å². The quantitative estimate of drug-likeness (QED) is 0.487. The summed E-state index contributed by atoms with van der Waals surface area (Å²) in [7, 11) is 4.08. The van der Waals surface area contributed by atoms with Crippen LogP contribution in [0.1, 0.15) is 23.1 Å². The summed E-state index contributed by atoms with van der Waals surface area (Å²) in [6.07, 6.45) is 0.872. The molecule has 0 atom stereocenters. The predicted octanol–water partition coefficient (Wildman–Crippen LogP) is 5.01. The molecule has 0 spiro atoms. The second kappa shape index (κ2) is 10.8. The SMILES string of the molecule is Cc1cccc(OCC(=O)N(CCCN(C)C)c2nc3c(C)ccc(C)c3s2)c1.Cl. The molecule has 2 aromatic carbocycles. The van der Waals surface area contributed by atoms with Crippen LogP contribution in [0.2, 0.25) is 0 Å². The summed E-state index contributed by atoms with van der Waals surface area (Å²) in [5.41, 5.74) is 4.40. The molecule has 3 aromatic rings. The molecule has 0 unspecified atom stereocenters. The molecule has 0 saturated heterocycles. The van der Waals surface area contributed by atoms with E-state index in [1.54, 1.807) is 16.2 Å². The maximum Gasteiger partial charge on any atom is 0.266 e. The van der Waals surface area contributed by atoms with Gasteiger partial charge in [-0.2, -0.15) is 0 Å². The van der Waals surface area contributed by atoms with Crippen molar-refractivity contribution in [2.75, 3.05) is 38.7 Å². The number of thiazole rings is 1. The van der Waals surface area contributed by atoms with Crippen molar-refractivity contribution in [2.24, 2.45) is 0 Å². The number of carbonyl (C=O) groups excluding carboxylic acids is 1. The Morgan fingerprint density at radius 2 is 1.80 bits per heavy atom. The maximum absolute atomic E-state index is 13.1. The van der Waals surface area contributed by atoms with Gasteiger partial charge in [0, 0.05) is 6.54 Å². The number of anilines is 1. The predicted molar refractivity (Wildman–Crippen MR) is 129 cm³/mol. The Morgan fingerprint density at radius 1 is 1.07 bits per heavy atom. The van der Waals surface area contributed by atoms with Crippen molar-refractivity contribution < 1.29 is 9.53 Å². The van der Waals surface area contributed by atoms with Crippen LogP contribution in [0.15, 0.2) is 36.4 Å². The fraction of sp³-hybridized carbons (Fsp3) is 0.391. The van der Waals surface area contributed by atoms with Gasteiger partial charge in [0.15, 0.2) is 11.7 Å². The molecule has 0 aliphatic heterocycles. The average Bonchev–Trinajstić information content (AvgIpc) is 3.12. The Balaban J connectivity index is 0.00000320. The highest BCUT2D eigenvalue weighted by molar-refractivity contribution is 7.22. The van der Waals surface area contributed by atoms with E-state index in [-0.39, 0.29) is 24.9 Å². The van der Waals surface area contributed by atoms with E-state index < -0.39 is 0 Å². The van der Waals surface area contributed by atoms with Gasteiger partial charge >= 0.3 is 0 Å². The van der Waals surface area contributed by atoms with E-state index in [1.165, 1.54) is 5.56 Å². The highest BCUT2D eigenvalue weighted by atomic mass is 35.5. The van der Waals surface area contributed by atoms with Gasteiger partial charge in [-0.3, -0.25) is 9.69 Å². The first-order valence-electron chi connectivity index (χ1n) is 9.86. The monoisotopic (exact) mass is 447 g/mol. The second-order valence-electron chi connectivity index (χ2n) is 7.68. The summed E-state index contributed by atoms with van der Waals surface area (Å²) in [4.78, 5) is 21.8. The summed E-state index contributed by atoms with van der Waals surface area (Å²) < 4.78 is 6.92. The van der Waals surface area contributed by atoms with E-state index in [0.717, 1.165) is 39.4 Å². The Morgan fingerprint density at radius 3 is 2.47 bits per heavy atom. The van der Waals surface area contributed by atoms with Gasteiger partial charge in [0.2, 0.25) is 0 Å². The highest BCUT2D eigenvalue weighted by Gasteiger charge is 2.21. The minimum atomic E-state index is -0.0698. The molecular weight excluding hydrogens is 418 g/mol. The Labute approximate surface area is 189 Å². The van der Waals surface area contributed by atoms with E-state index in [4.69, 9.17) is 9.72 Å². The number of amides is 1. The van der Waals surface area contributed by atoms with E-state index in [0.29, 0.717) is 12.3 Å². The van der Waals surface area contributed by atoms with Crippen LogP contribution in [0.5, 0.6) is 5.75 Å². The van der Waals surface area contributed by atoms with Crippen molar-refractivity contribution in [1.29, 1.82) is 0 Å². The number of aryl methyl sites for hydroxylation is 3. The third-order valence-electron chi connectivity index (χ3n) is 4.80. The fourth-order valence-electron chi connectivity index (χ4n) is 3.16. The van der Waals surface area contributed by atoms with Crippen LogP contribution in [0.4, 0.5) is 5.13 Å². The molecule has 0 radical (unpaired) electrons. The normalized spacial score (nSPS) is 10.9. The molecule has 7 heteroatoms. The van der Waals surface area contributed by atoms with Crippen LogP contribution < -0.4 is 9.64 Å². The number of hydrogen-bond donors (Lipinski definition) is 0. The fourth-order valence-corrected chi connectivity index (χ4v) is 4.32. The largest absolute Gasteiger partial charge is 0.484 e. The van der Waals surface area contributed by atoms with Crippen molar-refractivity contribution in [2.45, 2.75) is 27.2 Å². The molecular formula is C23H30ClN3O2S. The van der Waals surface area contributed by atoms with Gasteiger partial charge in [0.05, 0.1) is 10.2 Å². The third kappa shape index (κ3) is 5.94. The molecule has 0 fully saturated rings. The summed E-state index contributed by atoms with van der Waals surface area (Å²) in [5, 5.41) is 0.744. The minimum Gasteiger partial charge on any atom is -0.484 e. The summed E-state index contributed by atoms with van der Waals surface area (Å²) in [6.45, 7) is 7.68. The van der Waals surface area contributed by atoms with Gasteiger partial charge in [-0.25, -0.2) is 4.98 Å². The van der Waals surface area contributed by atoms with E-state index in [2.05, 4.69) is 30.9 Å². The lowest BCUT2D eigenvalue weighted by Gasteiger charge is -2.21. The van der Waals surface area contributed by atoms with Gasteiger partial charge in [0.25, 0.3) is 5.91 Å². The van der Waals surface area contributed by atoms with Crippen molar-refractivity contribution in [3.8, 4) is 5.75 Å². The molecule has 3 rings (SSSR count). The van der Waals surface area contributed by atoms with Crippen LogP contribution in [0.3, 0.4) is 0 Å². The number of fused-ring (bicyclic) bond motifs is 1. The first kappa shape index (κ1) is 24.1. The highest BCUT2D eigenvalue weighted by Crippen LogP contribution is 2.33. The molecule has 0 bridgehead atoms. The standard InChI is InChI=1S/C23H29N3O2S.ClH/c1-16-8-6-9-19(14-16)28-15-20(27)26(13-7-12-25(4)5)23-24-21-17(2)10-11-18(3)22(21)29-23;/h6,8-11,14H,7,12-13,15H2,1-5H3;1H. The summed E-state index contributed by atoms with van der Waals surface area (Å²) >= 11 is 1.58. The van der Waals surface area contributed by atoms with E-state index in [1.807, 2.05) is 45.3 Å². The molecule has 30 heavy (non-hydrogen) atoms. The topological polar surface area (TPSA) is 45.7 Å². The number of ether oxygens (including phenoxy) is 1. The van der Waals surface area contributed by atoms with Gasteiger partial charge in [0.1, 0.15) is 5.75 Å². The number of nitrogens with zero attached hydrogens (tertiary/aromatic N) is 3. The molecule has 1 amide bonds. The zero-order chi connectivity index (χ0) is 21.0. The molecule has 0 saturated carbocycles. The minimum absolute atomic E-state index is 0. The van der Waals surface area contributed by atoms with Crippen molar-refractivity contribution >= 4 is 45.0 Å². The lowest BCUT2D eigenvalue weighted by Crippen LogP contribution is -2.36. The van der Waals surface area contributed by atoms with E-state index >= 15 is 0 Å². The first-order chi connectivity index (χ1) is 13.8. The molecule has 1 heterocycles. The molecule has 0 aliphatic carbocycles. The van der Waals surface area contributed by atoms with Gasteiger partial charge in [-0.15, -0.1) is 12.4 Å².